The largest absolute Gasteiger partial charge is 0.462 e. The molecule has 0 bridgehead atoms. The summed E-state index contributed by atoms with van der Waals surface area (Å²) in [7, 11) is 0. The van der Waals surface area contributed by atoms with Crippen molar-refractivity contribution in [2.75, 3.05) is 12.3 Å². The van der Waals surface area contributed by atoms with Crippen LogP contribution in [0.15, 0.2) is 11.1 Å². The van der Waals surface area contributed by atoms with E-state index in [-0.39, 0.29) is 23.2 Å². The highest BCUT2D eigenvalue weighted by Gasteiger charge is 2.44. The number of hydrogen-bond donors (Lipinski definition) is 2. The number of rotatable bonds is 4. The maximum atomic E-state index is 12.1. The zero-order valence-corrected chi connectivity index (χ0v) is 15.2. The third-order valence-corrected chi connectivity index (χ3v) is 5.93. The summed E-state index contributed by atoms with van der Waals surface area (Å²) < 4.78 is 6.74. The summed E-state index contributed by atoms with van der Waals surface area (Å²) in [4.78, 5) is 31.4. The second kappa shape index (κ2) is 6.72. The topological polar surface area (TPSA) is 120 Å². The molecule has 1 unspecified atom stereocenters. The van der Waals surface area contributed by atoms with E-state index in [4.69, 9.17) is 10.5 Å². The number of ether oxygens (including phenoxy) is 1. The Morgan fingerprint density at radius 2 is 2.12 bits per heavy atom. The smallest absolute Gasteiger partial charge is 0.353 e. The second-order valence-corrected chi connectivity index (χ2v) is 8.60. The minimum Gasteiger partial charge on any atom is -0.462 e. The Labute approximate surface area is 144 Å². The molecule has 1 aliphatic rings. The molecule has 1 aromatic heterocycles. The molecular weight excluding hydrogens is 332 g/mol. The molecule has 2 rings (SSSR count). The van der Waals surface area contributed by atoms with Crippen molar-refractivity contribution in [1.29, 1.82) is 0 Å². The van der Waals surface area contributed by atoms with Crippen LogP contribution in [0.2, 0.25) is 0 Å². The van der Waals surface area contributed by atoms with Crippen molar-refractivity contribution in [2.24, 2.45) is 5.41 Å². The molecule has 0 saturated carbocycles. The summed E-state index contributed by atoms with van der Waals surface area (Å²) in [6.45, 7) is 6.99. The van der Waals surface area contributed by atoms with E-state index in [2.05, 4.69) is 9.97 Å². The van der Waals surface area contributed by atoms with Crippen molar-refractivity contribution in [1.82, 2.24) is 14.5 Å². The Hall–Kier alpha value is -1.61. The van der Waals surface area contributed by atoms with Crippen LogP contribution in [0.3, 0.4) is 0 Å². The van der Waals surface area contributed by atoms with Crippen LogP contribution in [0.1, 0.15) is 45.9 Å². The van der Waals surface area contributed by atoms with Crippen molar-refractivity contribution < 1.29 is 14.6 Å². The van der Waals surface area contributed by atoms with Gasteiger partial charge in [0.1, 0.15) is 12.9 Å². The standard InChI is InChI=1S/C15H24N4O4S/c1-14(2,3)15(4,22)11(20)23-7-9-5-6-10(24-9)19-8-17-12(16)18-13(19)21/h8-10,22H,5-7H2,1-4H3,(H2,16,18,21)/t9-,10+,15?/m0/s1. The second-order valence-electron chi connectivity index (χ2n) is 7.12. The minimum atomic E-state index is -1.56. The van der Waals surface area contributed by atoms with Gasteiger partial charge in [-0.15, -0.1) is 11.8 Å². The van der Waals surface area contributed by atoms with Gasteiger partial charge in [-0.2, -0.15) is 4.98 Å². The van der Waals surface area contributed by atoms with Crippen LogP contribution in [-0.4, -0.2) is 43.1 Å². The van der Waals surface area contributed by atoms with E-state index < -0.39 is 22.7 Å². The van der Waals surface area contributed by atoms with Gasteiger partial charge in [0, 0.05) is 10.7 Å². The van der Waals surface area contributed by atoms with Gasteiger partial charge in [0.2, 0.25) is 5.95 Å². The SMILES string of the molecule is CC(C)(C)C(C)(O)C(=O)OC[C@@H]1CC[C@H](n2cnc(N)nc2=O)S1. The van der Waals surface area contributed by atoms with E-state index in [9.17, 15) is 14.7 Å². The number of carbonyl (C=O) groups excluding carboxylic acids is 1. The number of thioether (sulfide) groups is 1. The summed E-state index contributed by atoms with van der Waals surface area (Å²) in [6.07, 6.45) is 2.92. The Balaban J connectivity index is 1.93. The average Bonchev–Trinajstić information content (AvgIpc) is 2.92. The lowest BCUT2D eigenvalue weighted by Crippen LogP contribution is -2.48. The van der Waals surface area contributed by atoms with E-state index in [1.807, 2.05) is 0 Å². The third kappa shape index (κ3) is 3.89. The first-order chi connectivity index (χ1) is 11.0. The van der Waals surface area contributed by atoms with E-state index in [1.165, 1.54) is 29.6 Å². The van der Waals surface area contributed by atoms with E-state index in [0.29, 0.717) is 0 Å². The molecule has 0 spiro atoms. The van der Waals surface area contributed by atoms with Crippen molar-refractivity contribution in [3.8, 4) is 0 Å². The molecule has 134 valence electrons. The maximum absolute atomic E-state index is 12.1. The monoisotopic (exact) mass is 356 g/mol. The van der Waals surface area contributed by atoms with Crippen LogP contribution in [0.4, 0.5) is 5.95 Å². The van der Waals surface area contributed by atoms with E-state index in [1.54, 1.807) is 20.8 Å². The van der Waals surface area contributed by atoms with Crippen LogP contribution >= 0.6 is 11.8 Å². The molecule has 24 heavy (non-hydrogen) atoms. The lowest BCUT2D eigenvalue weighted by molar-refractivity contribution is -0.175. The summed E-state index contributed by atoms with van der Waals surface area (Å²) in [5.74, 6) is -0.679. The fraction of sp³-hybridized carbons (Fsp3) is 0.733. The lowest BCUT2D eigenvalue weighted by Gasteiger charge is -2.34. The van der Waals surface area contributed by atoms with Crippen molar-refractivity contribution in [3.05, 3.63) is 16.8 Å². The van der Waals surface area contributed by atoms with Crippen LogP contribution in [0.5, 0.6) is 0 Å². The van der Waals surface area contributed by atoms with Gasteiger partial charge in [-0.05, 0) is 19.8 Å². The van der Waals surface area contributed by atoms with Gasteiger partial charge in [-0.25, -0.2) is 14.6 Å². The number of carbonyl (C=O) groups is 1. The molecule has 2 heterocycles. The van der Waals surface area contributed by atoms with Gasteiger partial charge in [0.25, 0.3) is 0 Å². The molecular formula is C15H24N4O4S. The van der Waals surface area contributed by atoms with E-state index in [0.717, 1.165) is 12.8 Å². The number of nitrogens with zero attached hydrogens (tertiary/aromatic N) is 3. The normalized spacial score (nSPS) is 23.7. The Morgan fingerprint density at radius 1 is 1.46 bits per heavy atom. The predicted molar refractivity (Wildman–Crippen MR) is 91.4 cm³/mol. The van der Waals surface area contributed by atoms with Gasteiger partial charge >= 0.3 is 11.7 Å². The van der Waals surface area contributed by atoms with Gasteiger partial charge < -0.3 is 15.6 Å². The highest BCUT2D eigenvalue weighted by atomic mass is 32.2. The summed E-state index contributed by atoms with van der Waals surface area (Å²) >= 11 is 1.53. The molecule has 1 aromatic rings. The first kappa shape index (κ1) is 18.7. The number of hydrogen-bond acceptors (Lipinski definition) is 8. The van der Waals surface area contributed by atoms with Crippen LogP contribution < -0.4 is 11.4 Å². The molecule has 3 N–H and O–H groups in total. The Bertz CT molecular complexity index is 668. The highest BCUT2D eigenvalue weighted by molar-refractivity contribution is 8.00. The summed E-state index contributed by atoms with van der Waals surface area (Å²) in [6, 6.07) is 0. The van der Waals surface area contributed by atoms with Crippen LogP contribution in [0.25, 0.3) is 0 Å². The average molecular weight is 356 g/mol. The molecule has 0 aromatic carbocycles. The van der Waals surface area contributed by atoms with Gasteiger partial charge in [-0.3, -0.25) is 4.57 Å². The van der Waals surface area contributed by atoms with Gasteiger partial charge in [-0.1, -0.05) is 20.8 Å². The fourth-order valence-corrected chi connectivity index (χ4v) is 3.59. The molecule has 8 nitrogen and oxygen atoms in total. The molecule has 1 saturated heterocycles. The predicted octanol–water partition coefficient (Wildman–Crippen LogP) is 0.955. The van der Waals surface area contributed by atoms with Crippen LogP contribution in [-0.2, 0) is 9.53 Å². The number of esters is 1. The van der Waals surface area contributed by atoms with Crippen molar-refractivity contribution >= 4 is 23.7 Å². The minimum absolute atomic E-state index is 0.0471. The Morgan fingerprint density at radius 3 is 2.71 bits per heavy atom. The number of aromatic nitrogens is 3. The number of nitrogen functional groups attached to an aromatic ring is 1. The first-order valence-electron chi connectivity index (χ1n) is 7.78. The lowest BCUT2D eigenvalue weighted by atomic mass is 9.78. The number of nitrogens with two attached hydrogens (primary N) is 1. The van der Waals surface area contributed by atoms with Crippen LogP contribution in [0, 0.1) is 5.41 Å². The van der Waals surface area contributed by atoms with Crippen molar-refractivity contribution in [3.63, 3.8) is 0 Å². The zero-order valence-electron chi connectivity index (χ0n) is 14.4. The fourth-order valence-electron chi connectivity index (χ4n) is 2.18. The van der Waals surface area contributed by atoms with Gasteiger partial charge in [0.05, 0.1) is 5.37 Å². The number of anilines is 1. The molecule has 1 fully saturated rings. The summed E-state index contributed by atoms with van der Waals surface area (Å²) in [5.41, 5.74) is 2.77. The number of aliphatic hydroxyl groups is 1. The molecule has 9 heteroatoms. The maximum Gasteiger partial charge on any atom is 0.353 e. The Kier molecular flexibility index (Phi) is 5.24. The first-order valence-corrected chi connectivity index (χ1v) is 8.72. The van der Waals surface area contributed by atoms with Gasteiger partial charge in [0.15, 0.2) is 5.60 Å². The highest BCUT2D eigenvalue weighted by Crippen LogP contribution is 2.41. The molecule has 0 radical (unpaired) electrons. The third-order valence-electron chi connectivity index (χ3n) is 4.40. The van der Waals surface area contributed by atoms with E-state index >= 15 is 0 Å². The van der Waals surface area contributed by atoms with Crippen molar-refractivity contribution in [2.45, 2.75) is 56.8 Å². The zero-order chi connectivity index (χ0) is 18.1. The molecule has 0 aliphatic carbocycles. The molecule has 1 aliphatic heterocycles. The quantitative estimate of drug-likeness (QED) is 0.765. The molecule has 0 amide bonds. The molecule has 3 atom stereocenters. The summed E-state index contributed by atoms with van der Waals surface area (Å²) in [5, 5.41) is 10.3.